The summed E-state index contributed by atoms with van der Waals surface area (Å²) >= 11 is 6.18. The largest absolute Gasteiger partial charge is 0.376 e. The summed E-state index contributed by atoms with van der Waals surface area (Å²) in [5.41, 5.74) is 0. The topological polar surface area (TPSA) is 54.9 Å². The highest BCUT2D eigenvalue weighted by Crippen LogP contribution is 2.23. The Morgan fingerprint density at radius 2 is 2.17 bits per heavy atom. The average Bonchev–Trinajstić information content (AvgIpc) is 2.63. The maximum absolute atomic E-state index is 12.2. The number of halogens is 1. The summed E-state index contributed by atoms with van der Waals surface area (Å²) in [7, 11) is 0. The molecular weight excluding hydrogens is 330 g/mol. The van der Waals surface area contributed by atoms with E-state index in [9.17, 15) is 4.79 Å². The minimum absolute atomic E-state index is 0.0394. The quantitative estimate of drug-likeness (QED) is 0.810. The lowest BCUT2D eigenvalue weighted by atomic mass is 10.1. The third-order valence-electron chi connectivity index (χ3n) is 4.47. The van der Waals surface area contributed by atoms with E-state index in [1.807, 2.05) is 17.0 Å². The standard InChI is InChI=1S/C17H24ClN3O3/c18-15-5-3-6-19-17(15)21-9-7-20(8-10-21)16(22)13-23-12-14-4-1-2-11-24-14/h3,5-6,14H,1-2,4,7-13H2/t14-/m0/s1. The van der Waals surface area contributed by atoms with Gasteiger partial charge in [0.15, 0.2) is 0 Å². The molecule has 0 saturated carbocycles. The van der Waals surface area contributed by atoms with Gasteiger partial charge in [-0.25, -0.2) is 4.98 Å². The molecular formula is C17H24ClN3O3. The molecule has 0 aromatic carbocycles. The molecule has 1 atom stereocenters. The molecule has 0 radical (unpaired) electrons. The molecule has 2 aliphatic rings. The Bertz CT molecular complexity index is 544. The molecule has 3 heterocycles. The van der Waals surface area contributed by atoms with Crippen LogP contribution in [0.4, 0.5) is 5.82 Å². The number of anilines is 1. The molecule has 3 rings (SSSR count). The van der Waals surface area contributed by atoms with Crippen LogP contribution in [-0.4, -0.2) is 67.9 Å². The Morgan fingerprint density at radius 3 is 2.88 bits per heavy atom. The van der Waals surface area contributed by atoms with Gasteiger partial charge in [0.1, 0.15) is 12.4 Å². The van der Waals surface area contributed by atoms with E-state index in [4.69, 9.17) is 21.1 Å². The first-order valence-corrected chi connectivity index (χ1v) is 8.94. The average molecular weight is 354 g/mol. The van der Waals surface area contributed by atoms with E-state index in [-0.39, 0.29) is 18.6 Å². The molecule has 1 aromatic rings. The molecule has 24 heavy (non-hydrogen) atoms. The number of pyridine rings is 1. The van der Waals surface area contributed by atoms with Crippen molar-refractivity contribution in [2.24, 2.45) is 0 Å². The van der Waals surface area contributed by atoms with Crippen LogP contribution in [-0.2, 0) is 14.3 Å². The number of carbonyl (C=O) groups excluding carboxylic acids is 1. The highest BCUT2D eigenvalue weighted by molar-refractivity contribution is 6.32. The number of ether oxygens (including phenoxy) is 2. The normalized spacial score (nSPS) is 21.8. The zero-order valence-corrected chi connectivity index (χ0v) is 14.6. The SMILES string of the molecule is O=C(COC[C@@H]1CCCCO1)N1CCN(c2ncccc2Cl)CC1. The van der Waals surface area contributed by atoms with Crippen LogP contribution in [0.5, 0.6) is 0 Å². The molecule has 7 heteroatoms. The molecule has 2 aliphatic heterocycles. The van der Waals surface area contributed by atoms with Gasteiger partial charge in [0.05, 0.1) is 17.7 Å². The molecule has 0 unspecified atom stereocenters. The van der Waals surface area contributed by atoms with Gasteiger partial charge >= 0.3 is 0 Å². The third kappa shape index (κ3) is 4.59. The van der Waals surface area contributed by atoms with Gasteiger partial charge in [-0.3, -0.25) is 4.79 Å². The van der Waals surface area contributed by atoms with Gasteiger partial charge in [-0.1, -0.05) is 11.6 Å². The van der Waals surface area contributed by atoms with Crippen LogP contribution in [0.15, 0.2) is 18.3 Å². The van der Waals surface area contributed by atoms with Gasteiger partial charge in [0.25, 0.3) is 0 Å². The van der Waals surface area contributed by atoms with Crippen LogP contribution in [0.25, 0.3) is 0 Å². The highest BCUT2D eigenvalue weighted by Gasteiger charge is 2.23. The van der Waals surface area contributed by atoms with E-state index >= 15 is 0 Å². The number of aromatic nitrogens is 1. The van der Waals surface area contributed by atoms with Crippen LogP contribution in [0.2, 0.25) is 5.02 Å². The zero-order chi connectivity index (χ0) is 16.8. The van der Waals surface area contributed by atoms with E-state index in [0.29, 0.717) is 24.7 Å². The van der Waals surface area contributed by atoms with Crippen molar-refractivity contribution >= 4 is 23.3 Å². The second kappa shape index (κ2) is 8.65. The van der Waals surface area contributed by atoms with Crippen LogP contribution < -0.4 is 4.90 Å². The van der Waals surface area contributed by atoms with Gasteiger partial charge in [0, 0.05) is 39.0 Å². The second-order valence-corrected chi connectivity index (χ2v) is 6.59. The van der Waals surface area contributed by atoms with Crippen molar-refractivity contribution in [1.82, 2.24) is 9.88 Å². The van der Waals surface area contributed by atoms with Gasteiger partial charge in [-0.15, -0.1) is 0 Å². The molecule has 132 valence electrons. The smallest absolute Gasteiger partial charge is 0.248 e. The predicted octanol–water partition coefficient (Wildman–Crippen LogP) is 1.97. The Hall–Kier alpha value is -1.37. The first-order valence-electron chi connectivity index (χ1n) is 8.56. The van der Waals surface area contributed by atoms with E-state index in [1.54, 1.807) is 6.20 Å². The molecule has 2 saturated heterocycles. The fraction of sp³-hybridized carbons (Fsp3) is 0.647. The molecule has 1 amide bonds. The lowest BCUT2D eigenvalue weighted by Crippen LogP contribution is -2.50. The summed E-state index contributed by atoms with van der Waals surface area (Å²) in [6, 6.07) is 3.65. The van der Waals surface area contributed by atoms with Crippen LogP contribution in [0, 0.1) is 0 Å². The monoisotopic (exact) mass is 353 g/mol. The number of hydrogen-bond donors (Lipinski definition) is 0. The van der Waals surface area contributed by atoms with Crippen LogP contribution in [0.1, 0.15) is 19.3 Å². The maximum atomic E-state index is 12.2. The number of hydrogen-bond acceptors (Lipinski definition) is 5. The molecule has 0 spiro atoms. The van der Waals surface area contributed by atoms with E-state index in [1.165, 1.54) is 6.42 Å². The second-order valence-electron chi connectivity index (χ2n) is 6.18. The maximum Gasteiger partial charge on any atom is 0.248 e. The lowest BCUT2D eigenvalue weighted by Gasteiger charge is -2.35. The van der Waals surface area contributed by atoms with Crippen molar-refractivity contribution in [2.45, 2.75) is 25.4 Å². The molecule has 0 aliphatic carbocycles. The van der Waals surface area contributed by atoms with Crippen molar-refractivity contribution in [3.8, 4) is 0 Å². The number of piperazine rings is 1. The Morgan fingerprint density at radius 1 is 1.33 bits per heavy atom. The Labute approximate surface area is 147 Å². The van der Waals surface area contributed by atoms with Gasteiger partial charge in [-0.2, -0.15) is 0 Å². The van der Waals surface area contributed by atoms with Crippen molar-refractivity contribution in [2.75, 3.05) is 50.9 Å². The molecule has 2 fully saturated rings. The van der Waals surface area contributed by atoms with Gasteiger partial charge in [0.2, 0.25) is 5.91 Å². The number of carbonyl (C=O) groups is 1. The van der Waals surface area contributed by atoms with Crippen molar-refractivity contribution in [3.63, 3.8) is 0 Å². The van der Waals surface area contributed by atoms with Gasteiger partial charge < -0.3 is 19.3 Å². The number of rotatable bonds is 5. The Balaban J connectivity index is 1.39. The zero-order valence-electron chi connectivity index (χ0n) is 13.8. The van der Waals surface area contributed by atoms with Crippen molar-refractivity contribution < 1.29 is 14.3 Å². The fourth-order valence-corrected chi connectivity index (χ4v) is 3.33. The van der Waals surface area contributed by atoms with Crippen molar-refractivity contribution in [1.29, 1.82) is 0 Å². The molecule has 0 bridgehead atoms. The minimum atomic E-state index is 0.0394. The summed E-state index contributed by atoms with van der Waals surface area (Å²) < 4.78 is 11.2. The summed E-state index contributed by atoms with van der Waals surface area (Å²) in [6.45, 7) is 4.23. The highest BCUT2D eigenvalue weighted by atomic mass is 35.5. The molecule has 0 N–H and O–H groups in total. The van der Waals surface area contributed by atoms with Gasteiger partial charge in [-0.05, 0) is 31.4 Å². The van der Waals surface area contributed by atoms with Crippen LogP contribution >= 0.6 is 11.6 Å². The molecule has 6 nitrogen and oxygen atoms in total. The number of amides is 1. The first kappa shape index (κ1) is 17.5. The van der Waals surface area contributed by atoms with Crippen LogP contribution in [0.3, 0.4) is 0 Å². The van der Waals surface area contributed by atoms with E-state index < -0.39 is 0 Å². The summed E-state index contributed by atoms with van der Waals surface area (Å²) in [4.78, 5) is 20.5. The lowest BCUT2D eigenvalue weighted by molar-refractivity contribution is -0.138. The van der Waals surface area contributed by atoms with E-state index in [0.717, 1.165) is 38.4 Å². The first-order chi connectivity index (χ1) is 11.7. The predicted molar refractivity (Wildman–Crippen MR) is 92.5 cm³/mol. The summed E-state index contributed by atoms with van der Waals surface area (Å²) in [5, 5.41) is 0.646. The summed E-state index contributed by atoms with van der Waals surface area (Å²) in [5.74, 6) is 0.828. The Kier molecular flexibility index (Phi) is 6.29. The minimum Gasteiger partial charge on any atom is -0.376 e. The van der Waals surface area contributed by atoms with E-state index in [2.05, 4.69) is 9.88 Å². The summed E-state index contributed by atoms with van der Waals surface area (Å²) in [6.07, 6.45) is 5.21. The van der Waals surface area contributed by atoms with Crippen molar-refractivity contribution in [3.05, 3.63) is 23.4 Å². The number of nitrogens with zero attached hydrogens (tertiary/aromatic N) is 3. The fourth-order valence-electron chi connectivity index (χ4n) is 3.09. The third-order valence-corrected chi connectivity index (χ3v) is 4.77. The molecule has 1 aromatic heterocycles.